The summed E-state index contributed by atoms with van der Waals surface area (Å²) in [6.45, 7) is 4.14. The van der Waals surface area contributed by atoms with E-state index >= 15 is 0 Å². The number of nitrogens with one attached hydrogen (secondary N) is 1. The lowest BCUT2D eigenvalue weighted by Crippen LogP contribution is -2.45. The van der Waals surface area contributed by atoms with Crippen molar-refractivity contribution >= 4 is 5.91 Å². The van der Waals surface area contributed by atoms with Crippen LogP contribution in [0.15, 0.2) is 97.2 Å². The smallest absolute Gasteiger partial charge is 0.220 e. The van der Waals surface area contributed by atoms with Gasteiger partial charge < -0.3 is 15.5 Å². The molecule has 0 saturated heterocycles. The summed E-state index contributed by atoms with van der Waals surface area (Å²) < 4.78 is 0. The van der Waals surface area contributed by atoms with Gasteiger partial charge in [0.2, 0.25) is 5.91 Å². The lowest BCUT2D eigenvalue weighted by molar-refractivity contribution is -0.123. The first-order valence-electron chi connectivity index (χ1n) is 24.5. The van der Waals surface area contributed by atoms with Crippen molar-refractivity contribution in [1.29, 1.82) is 0 Å². The van der Waals surface area contributed by atoms with Crippen molar-refractivity contribution in [2.45, 2.75) is 231 Å². The van der Waals surface area contributed by atoms with Gasteiger partial charge in [-0.1, -0.05) is 220 Å². The number of hydrogen-bond acceptors (Lipinski definition) is 3. The van der Waals surface area contributed by atoms with Gasteiger partial charge in [0.05, 0.1) is 18.8 Å². The van der Waals surface area contributed by atoms with E-state index in [1.54, 1.807) is 6.08 Å². The van der Waals surface area contributed by atoms with E-state index in [-0.39, 0.29) is 12.5 Å². The number of hydrogen-bond donors (Lipinski definition) is 3. The van der Waals surface area contributed by atoms with E-state index in [0.29, 0.717) is 6.42 Å². The van der Waals surface area contributed by atoms with Crippen LogP contribution < -0.4 is 5.32 Å². The van der Waals surface area contributed by atoms with Gasteiger partial charge in [-0.25, -0.2) is 0 Å². The number of carbonyl (C=O) groups is 1. The number of carbonyl (C=O) groups excluding carboxylic acids is 1. The molecule has 2 unspecified atom stereocenters. The minimum atomic E-state index is -0.872. The first-order valence-corrected chi connectivity index (χ1v) is 24.5. The molecular weight excluding hydrogens is 711 g/mol. The summed E-state index contributed by atoms with van der Waals surface area (Å²) in [5.41, 5.74) is 0. The van der Waals surface area contributed by atoms with Crippen LogP contribution in [0.2, 0.25) is 0 Å². The minimum Gasteiger partial charge on any atom is -0.394 e. The zero-order valence-corrected chi connectivity index (χ0v) is 38.0. The second-order valence-corrected chi connectivity index (χ2v) is 16.1. The zero-order chi connectivity index (χ0) is 42.1. The second-order valence-electron chi connectivity index (χ2n) is 16.1. The van der Waals surface area contributed by atoms with Crippen LogP contribution in [0.4, 0.5) is 0 Å². The summed E-state index contributed by atoms with van der Waals surface area (Å²) >= 11 is 0. The Balaban J connectivity index is 3.53. The predicted molar refractivity (Wildman–Crippen MR) is 257 cm³/mol. The fraction of sp³-hybridized carbons (Fsp3) is 0.685. The van der Waals surface area contributed by atoms with Gasteiger partial charge in [-0.3, -0.25) is 4.79 Å². The predicted octanol–water partition coefficient (Wildman–Crippen LogP) is 15.8. The first-order chi connectivity index (χ1) is 28.7. The summed E-state index contributed by atoms with van der Waals surface area (Å²) in [6.07, 6.45) is 72.6. The van der Waals surface area contributed by atoms with E-state index in [0.717, 1.165) is 70.6 Å². The third kappa shape index (κ3) is 44.4. The fourth-order valence-electron chi connectivity index (χ4n) is 6.82. The van der Waals surface area contributed by atoms with Crippen molar-refractivity contribution in [3.63, 3.8) is 0 Å². The molecule has 0 aliphatic heterocycles. The zero-order valence-electron chi connectivity index (χ0n) is 38.0. The third-order valence-corrected chi connectivity index (χ3v) is 10.5. The molecule has 1 amide bonds. The number of aliphatic hydroxyl groups is 2. The SMILES string of the molecule is CC/C=C\C/C=C\C/C=C\C/C=C\C/C=C\CCCCCCCCCCCCCCCCCCCC(=O)NC(CO)C(O)/C=C/CC/C=C/CC/C=C/CCCCC. The number of amides is 1. The summed E-state index contributed by atoms with van der Waals surface area (Å²) in [6, 6.07) is -0.648. The monoisotopic (exact) mass is 804 g/mol. The molecule has 0 radical (unpaired) electrons. The Bertz CT molecular complexity index is 1090. The lowest BCUT2D eigenvalue weighted by Gasteiger charge is -2.19. The number of allylic oxidation sites excluding steroid dienone is 15. The highest BCUT2D eigenvalue weighted by atomic mass is 16.3. The maximum absolute atomic E-state index is 12.4. The average molecular weight is 804 g/mol. The second kappa shape index (κ2) is 48.7. The van der Waals surface area contributed by atoms with Crippen LogP contribution in [0.1, 0.15) is 219 Å². The van der Waals surface area contributed by atoms with Crippen LogP contribution in [-0.4, -0.2) is 34.9 Å². The first kappa shape index (κ1) is 55.3. The normalized spacial score (nSPS) is 13.8. The minimum absolute atomic E-state index is 0.0816. The van der Waals surface area contributed by atoms with Gasteiger partial charge in [0.1, 0.15) is 0 Å². The van der Waals surface area contributed by atoms with Crippen molar-refractivity contribution in [3.8, 4) is 0 Å². The largest absolute Gasteiger partial charge is 0.394 e. The van der Waals surface area contributed by atoms with Crippen LogP contribution in [0, 0.1) is 0 Å². The summed E-state index contributed by atoms with van der Waals surface area (Å²) in [5.74, 6) is -0.0816. The van der Waals surface area contributed by atoms with Crippen molar-refractivity contribution in [1.82, 2.24) is 5.32 Å². The number of rotatable bonds is 43. The maximum Gasteiger partial charge on any atom is 0.220 e. The molecule has 332 valence electrons. The van der Waals surface area contributed by atoms with Crippen LogP contribution >= 0.6 is 0 Å². The Hall–Kier alpha value is -2.69. The molecule has 0 aliphatic carbocycles. The van der Waals surface area contributed by atoms with E-state index in [1.807, 2.05) is 6.08 Å². The third-order valence-electron chi connectivity index (χ3n) is 10.5. The van der Waals surface area contributed by atoms with E-state index in [4.69, 9.17) is 0 Å². The van der Waals surface area contributed by atoms with Crippen LogP contribution in [0.3, 0.4) is 0 Å². The molecule has 4 nitrogen and oxygen atoms in total. The molecule has 4 heteroatoms. The Morgan fingerprint density at radius 2 is 0.776 bits per heavy atom. The lowest BCUT2D eigenvalue weighted by atomic mass is 10.0. The quantitative estimate of drug-likeness (QED) is 0.0425. The fourth-order valence-corrected chi connectivity index (χ4v) is 6.82. The highest BCUT2D eigenvalue weighted by Crippen LogP contribution is 2.15. The highest BCUT2D eigenvalue weighted by Gasteiger charge is 2.17. The van der Waals surface area contributed by atoms with Crippen molar-refractivity contribution in [2.24, 2.45) is 0 Å². The van der Waals surface area contributed by atoms with E-state index < -0.39 is 12.1 Å². The van der Waals surface area contributed by atoms with E-state index in [2.05, 4.69) is 104 Å². The molecule has 0 aromatic heterocycles. The Morgan fingerprint density at radius 3 is 1.21 bits per heavy atom. The van der Waals surface area contributed by atoms with Crippen molar-refractivity contribution < 1.29 is 15.0 Å². The van der Waals surface area contributed by atoms with E-state index in [1.165, 1.54) is 128 Å². The summed E-state index contributed by atoms with van der Waals surface area (Å²) in [7, 11) is 0. The molecule has 0 spiro atoms. The van der Waals surface area contributed by atoms with E-state index in [9.17, 15) is 15.0 Å². The summed E-state index contributed by atoms with van der Waals surface area (Å²) in [5, 5.41) is 23.0. The van der Waals surface area contributed by atoms with Crippen molar-refractivity contribution in [2.75, 3.05) is 6.61 Å². The molecule has 0 saturated carbocycles. The molecule has 0 aromatic carbocycles. The van der Waals surface area contributed by atoms with Gasteiger partial charge in [0.25, 0.3) is 0 Å². The molecular formula is C54H93NO3. The molecule has 2 atom stereocenters. The molecule has 58 heavy (non-hydrogen) atoms. The Kier molecular flexibility index (Phi) is 46.4. The molecule has 0 aliphatic rings. The number of unbranched alkanes of at least 4 members (excludes halogenated alkanes) is 22. The molecule has 0 fully saturated rings. The maximum atomic E-state index is 12.4. The van der Waals surface area contributed by atoms with Gasteiger partial charge in [0, 0.05) is 6.42 Å². The molecule has 3 N–H and O–H groups in total. The van der Waals surface area contributed by atoms with Crippen LogP contribution in [0.5, 0.6) is 0 Å². The van der Waals surface area contributed by atoms with Crippen LogP contribution in [-0.2, 0) is 4.79 Å². The Labute approximate surface area is 360 Å². The highest BCUT2D eigenvalue weighted by molar-refractivity contribution is 5.76. The Morgan fingerprint density at radius 1 is 0.431 bits per heavy atom. The van der Waals surface area contributed by atoms with Gasteiger partial charge in [-0.2, -0.15) is 0 Å². The van der Waals surface area contributed by atoms with Gasteiger partial charge in [0.15, 0.2) is 0 Å². The van der Waals surface area contributed by atoms with Gasteiger partial charge in [-0.15, -0.1) is 0 Å². The van der Waals surface area contributed by atoms with Crippen LogP contribution in [0.25, 0.3) is 0 Å². The topological polar surface area (TPSA) is 69.6 Å². The molecule has 0 aromatic rings. The summed E-state index contributed by atoms with van der Waals surface area (Å²) in [4.78, 5) is 12.4. The van der Waals surface area contributed by atoms with Gasteiger partial charge >= 0.3 is 0 Å². The van der Waals surface area contributed by atoms with Gasteiger partial charge in [-0.05, 0) is 89.9 Å². The molecule has 0 bridgehead atoms. The average Bonchev–Trinajstić information content (AvgIpc) is 3.23. The van der Waals surface area contributed by atoms with Crippen molar-refractivity contribution in [3.05, 3.63) is 97.2 Å². The standard InChI is InChI=1S/C54H93NO3/c1-3-5-7-9-11-13-15-17-18-19-20-21-22-23-24-25-26-27-28-29-30-31-32-33-34-35-36-38-40-42-44-46-48-50-54(58)55-52(51-56)53(57)49-47-45-43-41-39-37-16-14-12-10-8-6-4-2/h5,7,11-14,17-18,20-21,23-24,39,41,47,49,52-53,56-57H,3-4,6,8-10,15-16,19,22,25-38,40,42-46,48,50-51H2,1-2H3,(H,55,58)/b7-5-,13-11-,14-12+,18-17-,21-20-,24-23-,41-39+,49-47+. The molecule has 0 rings (SSSR count). The number of aliphatic hydroxyl groups excluding tert-OH is 2. The molecule has 0 heterocycles.